The third-order valence-electron chi connectivity index (χ3n) is 8.69. The van der Waals surface area contributed by atoms with Crippen molar-refractivity contribution in [1.82, 2.24) is 0 Å². The highest BCUT2D eigenvalue weighted by atomic mass is 19.1. The second-order valence-corrected chi connectivity index (χ2v) is 11.7. The molecule has 1 fully saturated rings. The number of benzene rings is 3. The Morgan fingerprint density at radius 2 is 1.82 bits per heavy atom. The third-order valence-corrected chi connectivity index (χ3v) is 8.69. The first-order valence-electron chi connectivity index (χ1n) is 13.9. The fourth-order valence-electron chi connectivity index (χ4n) is 5.93. The van der Waals surface area contributed by atoms with Crippen molar-refractivity contribution in [2.24, 2.45) is 5.41 Å². The Kier molecular flexibility index (Phi) is 8.68. The van der Waals surface area contributed by atoms with E-state index < -0.39 is 0 Å². The van der Waals surface area contributed by atoms with Gasteiger partial charge in [0.15, 0.2) is 0 Å². The maximum absolute atomic E-state index is 15.1. The first-order chi connectivity index (χ1) is 18.6. The number of hydrogen-bond donors (Lipinski definition) is 0. The molecule has 0 saturated heterocycles. The zero-order valence-corrected chi connectivity index (χ0v) is 24.1. The maximum Gasteiger partial charge on any atom is 0.306 e. The van der Waals surface area contributed by atoms with Gasteiger partial charge in [0.25, 0.3) is 0 Å². The number of methoxy groups -OCH3 is 2. The summed E-state index contributed by atoms with van der Waals surface area (Å²) in [5.41, 5.74) is 4.52. The fraction of sp³-hybridized carbons (Fsp3) is 0.441. The smallest absolute Gasteiger partial charge is 0.306 e. The lowest BCUT2D eigenvalue weighted by Gasteiger charge is -2.30. The lowest BCUT2D eigenvalue weighted by atomic mass is 9.75. The van der Waals surface area contributed by atoms with E-state index in [2.05, 4.69) is 33.8 Å². The molecule has 1 unspecified atom stereocenters. The van der Waals surface area contributed by atoms with Gasteiger partial charge < -0.3 is 14.2 Å². The molecule has 2 atom stereocenters. The van der Waals surface area contributed by atoms with Gasteiger partial charge in [-0.3, -0.25) is 4.79 Å². The molecular weight excluding hydrogens is 491 g/mol. The molecule has 208 valence electrons. The summed E-state index contributed by atoms with van der Waals surface area (Å²) in [4.78, 5) is 12.0. The molecule has 1 aliphatic rings. The Morgan fingerprint density at radius 3 is 2.49 bits per heavy atom. The van der Waals surface area contributed by atoms with Crippen LogP contribution in [-0.2, 0) is 21.6 Å². The molecule has 0 N–H and O–H groups in total. The molecular formula is C34H41FO4. The Hall–Kier alpha value is -3.34. The number of rotatable bonds is 10. The summed E-state index contributed by atoms with van der Waals surface area (Å²) >= 11 is 0. The zero-order valence-electron chi connectivity index (χ0n) is 24.1. The van der Waals surface area contributed by atoms with Crippen molar-refractivity contribution in [2.45, 2.75) is 77.7 Å². The van der Waals surface area contributed by atoms with Crippen LogP contribution in [0.4, 0.5) is 4.39 Å². The van der Waals surface area contributed by atoms with E-state index in [4.69, 9.17) is 14.2 Å². The van der Waals surface area contributed by atoms with E-state index in [1.54, 1.807) is 19.2 Å². The largest absolute Gasteiger partial charge is 0.497 e. The molecule has 5 heteroatoms. The van der Waals surface area contributed by atoms with Crippen LogP contribution in [0.3, 0.4) is 0 Å². The maximum atomic E-state index is 15.1. The van der Waals surface area contributed by atoms with Gasteiger partial charge in [0.05, 0.1) is 20.6 Å². The Bertz CT molecular complexity index is 1310. The van der Waals surface area contributed by atoms with Gasteiger partial charge in [0.1, 0.15) is 23.9 Å². The number of carbonyl (C=O) groups excluding carboxylic acids is 1. The van der Waals surface area contributed by atoms with Gasteiger partial charge in [-0.25, -0.2) is 4.39 Å². The molecule has 0 heterocycles. The van der Waals surface area contributed by atoms with Crippen molar-refractivity contribution in [2.75, 3.05) is 14.2 Å². The zero-order chi connectivity index (χ0) is 28.2. The van der Waals surface area contributed by atoms with Crippen molar-refractivity contribution in [3.63, 3.8) is 0 Å². The Morgan fingerprint density at radius 1 is 1.03 bits per heavy atom. The first kappa shape index (κ1) is 28.7. The third kappa shape index (κ3) is 6.29. The molecule has 0 amide bonds. The van der Waals surface area contributed by atoms with Gasteiger partial charge >= 0.3 is 5.97 Å². The molecule has 4 nitrogen and oxygen atoms in total. The highest BCUT2D eigenvalue weighted by Gasteiger charge is 2.37. The van der Waals surface area contributed by atoms with Gasteiger partial charge in [0.2, 0.25) is 0 Å². The van der Waals surface area contributed by atoms with E-state index in [1.807, 2.05) is 36.4 Å². The fourth-order valence-corrected chi connectivity index (χ4v) is 5.93. The van der Waals surface area contributed by atoms with E-state index in [0.29, 0.717) is 30.3 Å². The minimum atomic E-state index is -0.337. The van der Waals surface area contributed by atoms with Crippen LogP contribution in [0.5, 0.6) is 11.5 Å². The van der Waals surface area contributed by atoms with E-state index in [9.17, 15) is 4.79 Å². The average molecular weight is 533 g/mol. The molecule has 3 aromatic rings. The number of esters is 1. The summed E-state index contributed by atoms with van der Waals surface area (Å²) in [6, 6.07) is 19.1. The molecule has 39 heavy (non-hydrogen) atoms. The van der Waals surface area contributed by atoms with Crippen molar-refractivity contribution < 1.29 is 23.4 Å². The topological polar surface area (TPSA) is 44.8 Å². The van der Waals surface area contributed by atoms with E-state index in [0.717, 1.165) is 53.7 Å². The van der Waals surface area contributed by atoms with Gasteiger partial charge in [-0.2, -0.15) is 0 Å². The van der Waals surface area contributed by atoms with Crippen molar-refractivity contribution in [1.29, 1.82) is 0 Å². The quantitative estimate of drug-likeness (QED) is 0.245. The lowest BCUT2D eigenvalue weighted by molar-refractivity contribution is -0.142. The Labute approximate surface area is 232 Å². The van der Waals surface area contributed by atoms with Crippen LogP contribution in [0.15, 0.2) is 60.7 Å². The van der Waals surface area contributed by atoms with Crippen molar-refractivity contribution in [3.05, 3.63) is 83.2 Å². The van der Waals surface area contributed by atoms with Crippen LogP contribution in [-0.4, -0.2) is 20.2 Å². The summed E-state index contributed by atoms with van der Waals surface area (Å²) in [7, 11) is 3.03. The molecule has 0 aliphatic heterocycles. The summed E-state index contributed by atoms with van der Waals surface area (Å²) in [5, 5.41) is 0. The van der Waals surface area contributed by atoms with Gasteiger partial charge in [-0.15, -0.1) is 0 Å². The number of hydrogen-bond acceptors (Lipinski definition) is 4. The van der Waals surface area contributed by atoms with Crippen molar-refractivity contribution >= 4 is 5.97 Å². The first-order valence-corrected chi connectivity index (χ1v) is 13.9. The standard InChI is InChI=1S/C34H41FO4/c1-7-34(4,21-32(36)38-6)24-10-8-11-26(19-24)39-22-23-13-15-27(29-20-25(37-5)14-16-31(29)35)28(18-23)30-12-9-17-33(30,2)3/h8,10-11,13-16,18-20,30H,7,9,12,17,21-22H2,1-6H3/t30-,34?/m1/s1. The number of carbonyl (C=O) groups is 1. The van der Waals surface area contributed by atoms with Gasteiger partial charge in [0, 0.05) is 11.0 Å². The number of ether oxygens (including phenoxy) is 3. The molecule has 0 radical (unpaired) electrons. The van der Waals surface area contributed by atoms with Crippen LogP contribution in [0.25, 0.3) is 11.1 Å². The normalized spacial score (nSPS) is 17.9. The van der Waals surface area contributed by atoms with E-state index in [1.165, 1.54) is 13.2 Å². The van der Waals surface area contributed by atoms with E-state index >= 15 is 4.39 Å². The Balaban J connectivity index is 1.64. The summed E-state index contributed by atoms with van der Waals surface area (Å²) in [6.07, 6.45) is 4.49. The monoisotopic (exact) mass is 532 g/mol. The average Bonchev–Trinajstić information content (AvgIpc) is 3.30. The SMILES string of the molecule is CCC(C)(CC(=O)OC)c1cccc(OCc2ccc(-c3cc(OC)ccc3F)c([C@H]3CCCC3(C)C)c2)c1. The number of halogens is 1. The predicted molar refractivity (Wildman–Crippen MR) is 154 cm³/mol. The molecule has 1 aliphatic carbocycles. The minimum absolute atomic E-state index is 0.127. The van der Waals surface area contributed by atoms with E-state index in [-0.39, 0.29) is 22.6 Å². The highest BCUT2D eigenvalue weighted by Crippen LogP contribution is 2.51. The molecule has 1 saturated carbocycles. The minimum Gasteiger partial charge on any atom is -0.497 e. The second-order valence-electron chi connectivity index (χ2n) is 11.7. The van der Waals surface area contributed by atoms with Gasteiger partial charge in [-0.05, 0) is 83.2 Å². The summed E-state index contributed by atoms with van der Waals surface area (Å²) < 4.78 is 31.7. The second kappa shape index (κ2) is 11.8. The van der Waals surface area contributed by atoms with Gasteiger partial charge in [-0.1, -0.05) is 64.4 Å². The van der Waals surface area contributed by atoms with Crippen LogP contribution >= 0.6 is 0 Å². The summed E-state index contributed by atoms with van der Waals surface area (Å²) in [5.74, 6) is 1.24. The molecule has 0 bridgehead atoms. The van der Waals surface area contributed by atoms with Crippen LogP contribution in [0.1, 0.15) is 82.4 Å². The lowest BCUT2D eigenvalue weighted by Crippen LogP contribution is -2.25. The highest BCUT2D eigenvalue weighted by molar-refractivity contribution is 5.72. The van der Waals surface area contributed by atoms with Crippen LogP contribution < -0.4 is 9.47 Å². The van der Waals surface area contributed by atoms with Crippen molar-refractivity contribution in [3.8, 4) is 22.6 Å². The predicted octanol–water partition coefficient (Wildman–Crippen LogP) is 8.60. The van der Waals surface area contributed by atoms with Crippen LogP contribution in [0, 0.1) is 11.2 Å². The molecule has 0 spiro atoms. The molecule has 0 aromatic heterocycles. The van der Waals surface area contributed by atoms with Crippen LogP contribution in [0.2, 0.25) is 0 Å². The molecule has 4 rings (SSSR count). The summed E-state index contributed by atoms with van der Waals surface area (Å²) in [6.45, 7) is 9.17. The molecule has 3 aromatic carbocycles.